The predicted octanol–water partition coefficient (Wildman–Crippen LogP) is 9.85. The van der Waals surface area contributed by atoms with E-state index < -0.39 is 0 Å². The minimum atomic E-state index is 0.739. The van der Waals surface area contributed by atoms with Crippen LogP contribution in [0.2, 0.25) is 0 Å². The van der Waals surface area contributed by atoms with Gasteiger partial charge in [0.05, 0.1) is 39.6 Å². The van der Waals surface area contributed by atoms with Crippen molar-refractivity contribution in [2.24, 2.45) is 0 Å². The summed E-state index contributed by atoms with van der Waals surface area (Å²) in [6.07, 6.45) is 13.1. The smallest absolute Gasteiger partial charge is 0.119 e. The van der Waals surface area contributed by atoms with Gasteiger partial charge in [-0.1, -0.05) is 0 Å². The number of benzene rings is 6. The molecule has 0 atom stereocenters. The molecule has 6 aromatic rings. The fraction of sp³-hybridized carbons (Fsp3) is 0.400. The molecule has 9 nitrogen and oxygen atoms in total. The number of quaternary nitrogens is 3. The molecule has 9 aliphatic rings. The van der Waals surface area contributed by atoms with Gasteiger partial charge in [0.25, 0.3) is 0 Å². The van der Waals surface area contributed by atoms with E-state index in [1.54, 1.807) is 0 Å². The third-order valence-electron chi connectivity index (χ3n) is 12.5. The first kappa shape index (κ1) is 50.9. The first-order valence-corrected chi connectivity index (χ1v) is 26.0. The second-order valence-electron chi connectivity index (χ2n) is 18.3. The summed E-state index contributed by atoms with van der Waals surface area (Å²) in [7, 11) is 0. The quantitative estimate of drug-likeness (QED) is 0.140. The molecule has 0 amide bonds. The average molecular weight is 937 g/mol. The van der Waals surface area contributed by atoms with Crippen molar-refractivity contribution in [3.05, 3.63) is 179 Å². The van der Waals surface area contributed by atoms with Crippen LogP contribution in [0.15, 0.2) is 146 Å². The van der Waals surface area contributed by atoms with E-state index in [4.69, 9.17) is 28.4 Å². The van der Waals surface area contributed by atoms with Crippen LogP contribution in [0.25, 0.3) is 0 Å². The van der Waals surface area contributed by atoms with Crippen molar-refractivity contribution in [1.82, 2.24) is 0 Å². The Morgan fingerprint density at radius 2 is 0.333 bits per heavy atom. The Morgan fingerprint density at radius 3 is 0.478 bits per heavy atom. The molecule has 6 N–H and O–H groups in total. The average Bonchev–Trinajstić information content (AvgIpc) is 3.38. The third-order valence-corrected chi connectivity index (χ3v) is 12.5. The van der Waals surface area contributed by atoms with E-state index in [-0.39, 0.29) is 0 Å². The molecular weight excluding hydrogens is 859 g/mol. The summed E-state index contributed by atoms with van der Waals surface area (Å²) in [5, 5.41) is 7.01. The van der Waals surface area contributed by atoms with E-state index in [0.717, 1.165) is 190 Å². The van der Waals surface area contributed by atoms with E-state index in [0.29, 0.717) is 0 Å². The number of ether oxygens (including phenoxy) is 6. The van der Waals surface area contributed by atoms with Gasteiger partial charge < -0.3 is 44.4 Å². The highest BCUT2D eigenvalue weighted by molar-refractivity contribution is 5.31. The monoisotopic (exact) mass is 937 g/mol. The highest BCUT2D eigenvalue weighted by atomic mass is 16.5. The zero-order valence-electron chi connectivity index (χ0n) is 41.0. The van der Waals surface area contributed by atoms with Gasteiger partial charge >= 0.3 is 0 Å². The molecule has 9 heterocycles. The lowest BCUT2D eigenvalue weighted by Crippen LogP contribution is -2.80. The number of nitrogens with two attached hydrogens (primary N) is 3. The Labute approximate surface area is 412 Å². The van der Waals surface area contributed by atoms with Crippen molar-refractivity contribution < 1.29 is 44.4 Å². The van der Waals surface area contributed by atoms with Crippen molar-refractivity contribution in [2.45, 2.75) is 116 Å². The first-order valence-electron chi connectivity index (χ1n) is 26.0. The Balaban J connectivity index is 0.800. The zero-order valence-corrected chi connectivity index (χ0v) is 41.0. The highest BCUT2D eigenvalue weighted by Crippen LogP contribution is 2.19. The predicted molar refractivity (Wildman–Crippen MR) is 275 cm³/mol. The molecule has 0 saturated carbocycles. The second kappa shape index (κ2) is 30.5. The van der Waals surface area contributed by atoms with Crippen LogP contribution in [0.5, 0.6) is 34.5 Å². The van der Waals surface area contributed by atoms with Crippen LogP contribution >= 0.6 is 0 Å². The number of fused-ring (bicyclic) bond motifs is 3. The summed E-state index contributed by atoms with van der Waals surface area (Å²) in [4.78, 5) is 0. The summed E-state index contributed by atoms with van der Waals surface area (Å²) >= 11 is 0. The van der Waals surface area contributed by atoms with E-state index in [9.17, 15) is 0 Å². The summed E-state index contributed by atoms with van der Waals surface area (Å²) in [5.74, 6) is 5.64. The lowest BCUT2D eigenvalue weighted by molar-refractivity contribution is -0.686. The molecule has 12 bridgehead atoms. The molecule has 0 aliphatic carbocycles. The van der Waals surface area contributed by atoms with E-state index in [1.807, 2.05) is 0 Å². The molecule has 0 saturated heterocycles. The molecule has 0 fully saturated rings. The molecule has 0 aromatic heterocycles. The Morgan fingerprint density at radius 1 is 0.188 bits per heavy atom. The van der Waals surface area contributed by atoms with Crippen LogP contribution < -0.4 is 44.4 Å². The Kier molecular flexibility index (Phi) is 22.5. The number of rotatable bonds is 0. The summed E-state index contributed by atoms with van der Waals surface area (Å²) in [6.45, 7) is 10.0. The standard InChI is InChI=1S/C60H75N3O6/c1-2-8-38-65-56-27-15-50(16-28-56)44-62-46-52-19-31-58(32-20-52)67-40-10-5-6-12-42-69-60-35-23-54(24-36-60)48-63-47-53-21-33-59(34-22-53)68-41-11-4-3-9-39-66-57-29-17-51(18-30-57)45-61-43-49-13-25-55(26-14-49)64-37-7-1/h13-36,61-63H,1-12,37-48H2/p+3. The SMILES string of the molecule is c1cc2ccc1C[NH2+]Cc1ccc(cc1)OCCCCCCOc1ccc(cc1)C[NH2+]Cc1ccc(cc1)OCCCCCCOc1ccc(cc1)C[NH2+]Cc1ccc(cc1)OCCCCCCO2. The van der Waals surface area contributed by atoms with Gasteiger partial charge in [-0.15, -0.1) is 0 Å². The Hall–Kier alpha value is -6.00. The fourth-order valence-corrected chi connectivity index (χ4v) is 8.36. The van der Waals surface area contributed by atoms with Crippen molar-refractivity contribution in [3.63, 3.8) is 0 Å². The molecule has 15 rings (SSSR count). The van der Waals surface area contributed by atoms with Crippen LogP contribution in [0.1, 0.15) is 110 Å². The van der Waals surface area contributed by atoms with Crippen LogP contribution in [0.3, 0.4) is 0 Å². The third kappa shape index (κ3) is 20.2. The van der Waals surface area contributed by atoms with Crippen LogP contribution in [0, 0.1) is 0 Å². The second-order valence-corrected chi connectivity index (χ2v) is 18.3. The van der Waals surface area contributed by atoms with Gasteiger partial charge in [0, 0.05) is 33.4 Å². The minimum Gasteiger partial charge on any atom is -0.494 e. The molecule has 9 heteroatoms. The minimum absolute atomic E-state index is 0.739. The van der Waals surface area contributed by atoms with Crippen molar-refractivity contribution in [1.29, 1.82) is 0 Å². The molecule has 69 heavy (non-hydrogen) atoms. The molecule has 0 radical (unpaired) electrons. The maximum absolute atomic E-state index is 6.04. The van der Waals surface area contributed by atoms with Gasteiger partial charge in [0.2, 0.25) is 0 Å². The van der Waals surface area contributed by atoms with Gasteiger partial charge in [-0.05, 0) is 223 Å². The lowest BCUT2D eigenvalue weighted by atomic mass is 10.2. The molecule has 0 unspecified atom stereocenters. The summed E-state index contributed by atoms with van der Waals surface area (Å²) < 4.78 is 36.2. The molecule has 366 valence electrons. The van der Waals surface area contributed by atoms with Crippen molar-refractivity contribution in [3.8, 4) is 34.5 Å². The Bertz CT molecular complexity index is 1830. The van der Waals surface area contributed by atoms with Crippen LogP contribution in [0.4, 0.5) is 0 Å². The lowest BCUT2D eigenvalue weighted by Gasteiger charge is -2.09. The van der Waals surface area contributed by atoms with Crippen molar-refractivity contribution in [2.75, 3.05) is 39.6 Å². The molecule has 0 spiro atoms. The van der Waals surface area contributed by atoms with Gasteiger partial charge in [-0.3, -0.25) is 0 Å². The van der Waals surface area contributed by atoms with Gasteiger partial charge in [0.15, 0.2) is 0 Å². The van der Waals surface area contributed by atoms with E-state index >= 15 is 0 Å². The maximum Gasteiger partial charge on any atom is 0.119 e. The van der Waals surface area contributed by atoms with Crippen molar-refractivity contribution >= 4 is 0 Å². The first-order chi connectivity index (χ1) is 34.2. The molecular formula is C60H78N3O6+3. The van der Waals surface area contributed by atoms with Crippen LogP contribution in [-0.2, 0) is 39.3 Å². The topological polar surface area (TPSA) is 105 Å². The normalized spacial score (nSPS) is 16.7. The zero-order chi connectivity index (χ0) is 47.2. The molecule has 6 aromatic carbocycles. The van der Waals surface area contributed by atoms with E-state index in [1.165, 1.54) is 33.4 Å². The maximum atomic E-state index is 6.04. The number of hydrogen-bond acceptors (Lipinski definition) is 6. The fourth-order valence-electron chi connectivity index (χ4n) is 8.36. The van der Waals surface area contributed by atoms with Gasteiger partial charge in [0.1, 0.15) is 73.8 Å². The summed E-state index contributed by atoms with van der Waals surface area (Å²) in [5.41, 5.74) is 7.78. The molecule has 9 aliphatic heterocycles. The summed E-state index contributed by atoms with van der Waals surface area (Å²) in [6, 6.07) is 51.3. The van der Waals surface area contributed by atoms with Gasteiger partial charge in [-0.2, -0.15) is 0 Å². The van der Waals surface area contributed by atoms with Gasteiger partial charge in [-0.25, -0.2) is 0 Å². The van der Waals surface area contributed by atoms with Crippen LogP contribution in [-0.4, -0.2) is 39.6 Å². The highest BCUT2D eigenvalue weighted by Gasteiger charge is 2.06. The number of hydrogen-bond donors (Lipinski definition) is 3. The van der Waals surface area contributed by atoms with E-state index in [2.05, 4.69) is 162 Å². The largest absolute Gasteiger partial charge is 0.494 e.